The summed E-state index contributed by atoms with van der Waals surface area (Å²) in [5, 5.41) is 0. The van der Waals surface area contributed by atoms with Crippen molar-refractivity contribution in [1.82, 2.24) is 0 Å². The zero-order chi connectivity index (χ0) is 8.81. The Morgan fingerprint density at radius 2 is 1.25 bits per heavy atom. The molecule has 1 aliphatic rings. The molecule has 0 heteroatoms. The molecular weight excluding hydrogens is 144 g/mol. The third kappa shape index (κ3) is 3.94. The van der Waals surface area contributed by atoms with Crippen LogP contribution in [0.1, 0.15) is 52.4 Å². The van der Waals surface area contributed by atoms with Crippen LogP contribution in [0.3, 0.4) is 0 Å². The first-order valence-electron chi connectivity index (χ1n) is 5.44. The van der Waals surface area contributed by atoms with Crippen LogP contribution in [-0.2, 0) is 0 Å². The van der Waals surface area contributed by atoms with Gasteiger partial charge in [-0.15, -0.1) is 0 Å². The van der Waals surface area contributed by atoms with E-state index in [1.807, 2.05) is 0 Å². The molecular formula is C12H22. The fourth-order valence-corrected chi connectivity index (χ4v) is 1.88. The maximum absolute atomic E-state index is 2.38. The maximum atomic E-state index is 2.38. The van der Waals surface area contributed by atoms with E-state index in [1.165, 1.54) is 38.5 Å². The second-order valence-corrected chi connectivity index (χ2v) is 4.44. The van der Waals surface area contributed by atoms with E-state index in [2.05, 4.69) is 26.0 Å². The fourth-order valence-electron chi connectivity index (χ4n) is 1.88. The Morgan fingerprint density at radius 3 is 1.67 bits per heavy atom. The lowest BCUT2D eigenvalue weighted by Gasteiger charge is -2.13. The molecule has 1 aliphatic carbocycles. The van der Waals surface area contributed by atoms with Gasteiger partial charge in [0.2, 0.25) is 0 Å². The van der Waals surface area contributed by atoms with Gasteiger partial charge in [0.1, 0.15) is 0 Å². The molecule has 0 nitrogen and oxygen atoms in total. The Morgan fingerprint density at radius 1 is 0.833 bits per heavy atom. The molecule has 12 heavy (non-hydrogen) atoms. The van der Waals surface area contributed by atoms with Crippen molar-refractivity contribution in [3.63, 3.8) is 0 Å². The monoisotopic (exact) mass is 166 g/mol. The van der Waals surface area contributed by atoms with Gasteiger partial charge in [-0.1, -0.05) is 51.7 Å². The van der Waals surface area contributed by atoms with Gasteiger partial charge in [-0.3, -0.25) is 0 Å². The molecule has 0 aromatic rings. The average Bonchev–Trinajstić information content (AvgIpc) is 2.06. The molecule has 0 spiro atoms. The number of allylic oxidation sites excluding steroid dienone is 2. The molecule has 1 rings (SSSR count). The molecule has 2 atom stereocenters. The normalized spacial score (nSPS) is 33.2. The van der Waals surface area contributed by atoms with Crippen LogP contribution in [-0.4, -0.2) is 0 Å². The van der Waals surface area contributed by atoms with Crippen LogP contribution in [0.15, 0.2) is 12.2 Å². The molecule has 0 radical (unpaired) electrons. The Kier molecular flexibility index (Phi) is 4.42. The number of rotatable bonds is 0. The zero-order valence-corrected chi connectivity index (χ0v) is 8.55. The van der Waals surface area contributed by atoms with Crippen molar-refractivity contribution in [3.05, 3.63) is 12.2 Å². The molecule has 0 aliphatic heterocycles. The summed E-state index contributed by atoms with van der Waals surface area (Å²) in [6.45, 7) is 4.74. The molecule has 0 saturated heterocycles. The third-order valence-electron chi connectivity index (χ3n) is 2.89. The quantitative estimate of drug-likeness (QED) is 0.474. The lowest BCUT2D eigenvalue weighted by Crippen LogP contribution is -1.98. The molecule has 0 N–H and O–H groups in total. The van der Waals surface area contributed by atoms with Gasteiger partial charge in [-0.05, 0) is 24.7 Å². The third-order valence-corrected chi connectivity index (χ3v) is 2.89. The molecule has 0 saturated carbocycles. The van der Waals surface area contributed by atoms with Crippen LogP contribution < -0.4 is 0 Å². The van der Waals surface area contributed by atoms with Crippen molar-refractivity contribution < 1.29 is 0 Å². The summed E-state index contributed by atoms with van der Waals surface area (Å²) in [6.07, 6.45) is 13.1. The van der Waals surface area contributed by atoms with Crippen LogP contribution in [0.5, 0.6) is 0 Å². The maximum Gasteiger partial charge on any atom is -0.0325 e. The number of hydrogen-bond donors (Lipinski definition) is 0. The van der Waals surface area contributed by atoms with E-state index in [1.54, 1.807) is 0 Å². The van der Waals surface area contributed by atoms with Crippen LogP contribution in [0.25, 0.3) is 0 Å². The molecule has 70 valence electrons. The first-order valence-corrected chi connectivity index (χ1v) is 5.44. The van der Waals surface area contributed by atoms with E-state index in [0.29, 0.717) is 0 Å². The summed E-state index contributed by atoms with van der Waals surface area (Å²) in [6, 6.07) is 0. The first kappa shape index (κ1) is 9.83. The Bertz CT molecular complexity index is 119. The largest absolute Gasteiger partial charge is 0.0883 e. The second-order valence-electron chi connectivity index (χ2n) is 4.44. The minimum absolute atomic E-state index is 0.912. The van der Waals surface area contributed by atoms with E-state index in [0.717, 1.165) is 11.8 Å². The van der Waals surface area contributed by atoms with E-state index in [-0.39, 0.29) is 0 Å². The highest BCUT2D eigenvalue weighted by atomic mass is 14.1. The second kappa shape index (κ2) is 5.40. The van der Waals surface area contributed by atoms with Gasteiger partial charge in [0.05, 0.1) is 0 Å². The SMILES string of the molecule is CC1CC=CCC(C)CCCC1. The van der Waals surface area contributed by atoms with Crippen LogP contribution in [0.2, 0.25) is 0 Å². The van der Waals surface area contributed by atoms with Gasteiger partial charge in [-0.25, -0.2) is 0 Å². The van der Waals surface area contributed by atoms with Crippen LogP contribution in [0.4, 0.5) is 0 Å². The summed E-state index contributed by atoms with van der Waals surface area (Å²) in [7, 11) is 0. The average molecular weight is 166 g/mol. The summed E-state index contributed by atoms with van der Waals surface area (Å²) < 4.78 is 0. The van der Waals surface area contributed by atoms with E-state index in [4.69, 9.17) is 0 Å². The van der Waals surface area contributed by atoms with Gasteiger partial charge in [0.25, 0.3) is 0 Å². The standard InChI is InChI=1S/C12H22/c1-11-7-3-5-9-12(2)10-6-4-8-11/h3,5,11-12H,4,6-10H2,1-2H3. The summed E-state index contributed by atoms with van der Waals surface area (Å²) in [5.41, 5.74) is 0. The zero-order valence-electron chi connectivity index (χ0n) is 8.55. The van der Waals surface area contributed by atoms with Crippen LogP contribution >= 0.6 is 0 Å². The van der Waals surface area contributed by atoms with E-state index >= 15 is 0 Å². The Labute approximate surface area is 77.1 Å². The lowest BCUT2D eigenvalue weighted by atomic mass is 9.93. The molecule has 0 aromatic heterocycles. The van der Waals surface area contributed by atoms with Gasteiger partial charge < -0.3 is 0 Å². The predicted molar refractivity (Wildman–Crippen MR) is 55.2 cm³/mol. The Hall–Kier alpha value is -0.260. The van der Waals surface area contributed by atoms with Crippen molar-refractivity contribution in [2.75, 3.05) is 0 Å². The summed E-state index contributed by atoms with van der Waals surface area (Å²) >= 11 is 0. The van der Waals surface area contributed by atoms with E-state index in [9.17, 15) is 0 Å². The summed E-state index contributed by atoms with van der Waals surface area (Å²) in [4.78, 5) is 0. The first-order chi connectivity index (χ1) is 5.79. The minimum Gasteiger partial charge on any atom is -0.0883 e. The molecule has 0 aromatic carbocycles. The van der Waals surface area contributed by atoms with Gasteiger partial charge >= 0.3 is 0 Å². The van der Waals surface area contributed by atoms with Gasteiger partial charge in [-0.2, -0.15) is 0 Å². The highest BCUT2D eigenvalue weighted by Crippen LogP contribution is 2.20. The van der Waals surface area contributed by atoms with Crippen molar-refractivity contribution in [3.8, 4) is 0 Å². The predicted octanol–water partition coefficient (Wildman–Crippen LogP) is 4.17. The van der Waals surface area contributed by atoms with Crippen molar-refractivity contribution in [2.45, 2.75) is 52.4 Å². The molecule has 2 unspecified atom stereocenters. The molecule has 0 bridgehead atoms. The highest BCUT2D eigenvalue weighted by molar-refractivity contribution is 4.85. The van der Waals surface area contributed by atoms with Crippen LogP contribution in [0, 0.1) is 11.8 Å². The highest BCUT2D eigenvalue weighted by Gasteiger charge is 2.04. The topological polar surface area (TPSA) is 0 Å². The minimum atomic E-state index is 0.912. The fraction of sp³-hybridized carbons (Fsp3) is 0.833. The van der Waals surface area contributed by atoms with E-state index < -0.39 is 0 Å². The van der Waals surface area contributed by atoms with Gasteiger partial charge in [0, 0.05) is 0 Å². The Balaban J connectivity index is 2.33. The number of hydrogen-bond acceptors (Lipinski definition) is 0. The van der Waals surface area contributed by atoms with Gasteiger partial charge in [0.15, 0.2) is 0 Å². The summed E-state index contributed by atoms with van der Waals surface area (Å²) in [5.74, 6) is 1.82. The smallest absolute Gasteiger partial charge is 0.0325 e. The molecule has 0 amide bonds. The van der Waals surface area contributed by atoms with Crippen molar-refractivity contribution >= 4 is 0 Å². The molecule has 0 fully saturated rings. The lowest BCUT2D eigenvalue weighted by molar-refractivity contribution is 0.443. The van der Waals surface area contributed by atoms with Crippen molar-refractivity contribution in [2.24, 2.45) is 11.8 Å². The molecule has 0 heterocycles. The van der Waals surface area contributed by atoms with Crippen molar-refractivity contribution in [1.29, 1.82) is 0 Å².